The number of aliphatic hydroxyl groups excluding tert-OH is 2. The Bertz CT molecular complexity index is 1140. The van der Waals surface area contributed by atoms with Crippen LogP contribution in [0.1, 0.15) is 46.8 Å². The minimum absolute atomic E-state index is 0.0250. The van der Waals surface area contributed by atoms with Crippen LogP contribution >= 0.6 is 0 Å². The molecule has 7 N–H and O–H groups in total. The van der Waals surface area contributed by atoms with Gasteiger partial charge in [0.15, 0.2) is 0 Å². The molecular weight excluding hydrogens is 470 g/mol. The fourth-order valence-electron chi connectivity index (χ4n) is 4.07. The first kappa shape index (κ1) is 28.1. The zero-order chi connectivity index (χ0) is 26.5. The first-order valence-corrected chi connectivity index (χ1v) is 12.6. The number of carbonyl (C=O) groups is 1. The fraction of sp³-hybridized carbons (Fsp3) is 0.345. The maximum atomic E-state index is 11.0. The van der Waals surface area contributed by atoms with E-state index in [4.69, 9.17) is 10.5 Å². The Morgan fingerprint density at radius 2 is 1.70 bits per heavy atom. The molecule has 0 radical (unpaired) electrons. The van der Waals surface area contributed by atoms with Crippen molar-refractivity contribution in [1.29, 1.82) is 0 Å². The average molecular weight is 508 g/mol. The Morgan fingerprint density at radius 1 is 0.946 bits per heavy atom. The summed E-state index contributed by atoms with van der Waals surface area (Å²) in [5.74, 6) is 0.0250. The molecule has 1 atom stereocenters. The summed E-state index contributed by atoms with van der Waals surface area (Å²) in [4.78, 5) is 11.0. The number of nitrogens with one attached hydrogen (secondary N) is 2. The van der Waals surface area contributed by atoms with E-state index in [-0.39, 0.29) is 12.4 Å². The van der Waals surface area contributed by atoms with Gasteiger partial charge in [0.05, 0.1) is 19.3 Å². The number of carbonyl (C=O) groups excluding carboxylic acids is 1. The lowest BCUT2D eigenvalue weighted by molar-refractivity contribution is 0.117. The molecule has 198 valence electrons. The van der Waals surface area contributed by atoms with Crippen molar-refractivity contribution < 1.29 is 24.9 Å². The van der Waals surface area contributed by atoms with Gasteiger partial charge in [-0.1, -0.05) is 42.5 Å². The molecule has 0 heterocycles. The quantitative estimate of drug-likeness (QED) is 0.173. The number of anilines is 1. The minimum atomic E-state index is -0.721. The van der Waals surface area contributed by atoms with Gasteiger partial charge >= 0.3 is 6.03 Å². The zero-order valence-electron chi connectivity index (χ0n) is 21.0. The van der Waals surface area contributed by atoms with Crippen LogP contribution in [0.4, 0.5) is 10.5 Å². The number of nitrogens with two attached hydrogens (primary N) is 1. The SMILES string of the molecule is NC(=O)Nc1cccc(CCCCOCc2cccc(CCNC[C@H](O)c3ccc(O)c(CO)c3)c2)c1. The van der Waals surface area contributed by atoms with Gasteiger partial charge in [-0.25, -0.2) is 4.79 Å². The normalized spacial score (nSPS) is 11.8. The third-order valence-electron chi connectivity index (χ3n) is 6.05. The summed E-state index contributed by atoms with van der Waals surface area (Å²) in [6.45, 7) is 2.06. The molecular formula is C29H37N3O5. The molecule has 0 saturated carbocycles. The largest absolute Gasteiger partial charge is 0.508 e. The van der Waals surface area contributed by atoms with E-state index in [9.17, 15) is 20.1 Å². The first-order valence-electron chi connectivity index (χ1n) is 12.6. The van der Waals surface area contributed by atoms with Crippen LogP contribution in [0.2, 0.25) is 0 Å². The first-order chi connectivity index (χ1) is 17.9. The molecule has 0 aliphatic carbocycles. The molecule has 0 unspecified atom stereocenters. The lowest BCUT2D eigenvalue weighted by Crippen LogP contribution is -2.23. The van der Waals surface area contributed by atoms with Crippen LogP contribution in [0.3, 0.4) is 0 Å². The van der Waals surface area contributed by atoms with Crippen LogP contribution in [-0.4, -0.2) is 41.0 Å². The van der Waals surface area contributed by atoms with Gasteiger partial charge in [-0.2, -0.15) is 0 Å². The van der Waals surface area contributed by atoms with Crippen LogP contribution in [-0.2, 0) is 30.8 Å². The van der Waals surface area contributed by atoms with Crippen LogP contribution in [0, 0.1) is 0 Å². The second-order valence-corrected chi connectivity index (χ2v) is 9.04. The summed E-state index contributed by atoms with van der Waals surface area (Å²) in [7, 11) is 0. The van der Waals surface area contributed by atoms with Gasteiger partial charge in [-0.05, 0) is 78.7 Å². The number of hydrogen-bond acceptors (Lipinski definition) is 6. The number of primary amides is 1. The van der Waals surface area contributed by atoms with Crippen molar-refractivity contribution in [1.82, 2.24) is 5.32 Å². The third-order valence-corrected chi connectivity index (χ3v) is 6.05. The maximum Gasteiger partial charge on any atom is 0.316 e. The van der Waals surface area contributed by atoms with Gasteiger partial charge in [0.1, 0.15) is 5.75 Å². The average Bonchev–Trinajstić information content (AvgIpc) is 2.89. The van der Waals surface area contributed by atoms with Gasteiger partial charge in [-0.3, -0.25) is 0 Å². The second kappa shape index (κ2) is 15.0. The molecule has 2 amide bonds. The molecule has 0 aliphatic heterocycles. The molecule has 0 aromatic heterocycles. The van der Waals surface area contributed by atoms with Crippen molar-refractivity contribution in [3.05, 3.63) is 94.5 Å². The van der Waals surface area contributed by atoms with E-state index in [2.05, 4.69) is 28.8 Å². The summed E-state index contributed by atoms with van der Waals surface area (Å²) in [6.07, 6.45) is 2.94. The van der Waals surface area contributed by atoms with Crippen molar-refractivity contribution in [2.45, 2.75) is 45.0 Å². The van der Waals surface area contributed by atoms with Crippen molar-refractivity contribution in [3.8, 4) is 5.75 Å². The summed E-state index contributed by atoms with van der Waals surface area (Å²) < 4.78 is 5.86. The van der Waals surface area contributed by atoms with Gasteiger partial charge in [0, 0.05) is 24.4 Å². The number of benzene rings is 3. The molecule has 8 heteroatoms. The van der Waals surface area contributed by atoms with Crippen LogP contribution in [0.15, 0.2) is 66.7 Å². The van der Waals surface area contributed by atoms with Gasteiger partial charge < -0.3 is 36.4 Å². The molecule has 8 nitrogen and oxygen atoms in total. The molecule has 3 aromatic rings. The lowest BCUT2D eigenvalue weighted by Gasteiger charge is -2.14. The molecule has 3 rings (SSSR count). The Labute approximate surface area is 218 Å². The minimum Gasteiger partial charge on any atom is -0.508 e. The fourth-order valence-corrected chi connectivity index (χ4v) is 4.07. The molecule has 0 saturated heterocycles. The van der Waals surface area contributed by atoms with E-state index in [0.717, 1.165) is 36.8 Å². The van der Waals surface area contributed by atoms with E-state index in [1.165, 1.54) is 11.6 Å². The van der Waals surface area contributed by atoms with Crippen LogP contribution < -0.4 is 16.4 Å². The number of rotatable bonds is 15. The number of hydrogen-bond donors (Lipinski definition) is 6. The van der Waals surface area contributed by atoms with E-state index >= 15 is 0 Å². The van der Waals surface area contributed by atoms with Crippen molar-refractivity contribution in [2.75, 3.05) is 25.0 Å². The third kappa shape index (κ3) is 9.86. The van der Waals surface area contributed by atoms with E-state index in [0.29, 0.717) is 43.1 Å². The highest BCUT2D eigenvalue weighted by Gasteiger charge is 2.10. The number of aliphatic hydroxyl groups is 2. The standard InChI is InChI=1S/C29H37N3O5/c30-29(36)32-26-9-4-7-21(16-26)5-1-2-14-37-20-23-8-3-6-22(15-23)12-13-31-18-28(35)24-10-11-27(34)25(17-24)19-33/h3-4,6-11,15-17,28,31,33-35H,1-2,5,12-14,18-20H2,(H3,30,32,36)/t28-/m0/s1. The number of urea groups is 1. The van der Waals surface area contributed by atoms with Gasteiger partial charge in [-0.15, -0.1) is 0 Å². The predicted molar refractivity (Wildman–Crippen MR) is 144 cm³/mol. The van der Waals surface area contributed by atoms with Gasteiger partial charge in [0.2, 0.25) is 0 Å². The van der Waals surface area contributed by atoms with E-state index in [1.54, 1.807) is 12.1 Å². The van der Waals surface area contributed by atoms with Crippen molar-refractivity contribution in [2.24, 2.45) is 5.73 Å². The van der Waals surface area contributed by atoms with Crippen molar-refractivity contribution >= 4 is 11.7 Å². The Hall–Kier alpha value is -3.43. The summed E-state index contributed by atoms with van der Waals surface area (Å²) >= 11 is 0. The predicted octanol–water partition coefficient (Wildman–Crippen LogP) is 3.78. The summed E-state index contributed by atoms with van der Waals surface area (Å²) in [5, 5.41) is 35.2. The monoisotopic (exact) mass is 507 g/mol. The Balaban J connectivity index is 1.31. The second-order valence-electron chi connectivity index (χ2n) is 9.04. The maximum absolute atomic E-state index is 11.0. The zero-order valence-corrected chi connectivity index (χ0v) is 21.0. The number of aryl methyl sites for hydroxylation is 1. The Morgan fingerprint density at radius 3 is 2.49 bits per heavy atom. The highest BCUT2D eigenvalue weighted by Crippen LogP contribution is 2.22. The molecule has 3 aromatic carbocycles. The number of aromatic hydroxyl groups is 1. The molecule has 0 aliphatic rings. The summed E-state index contributed by atoms with van der Waals surface area (Å²) in [5.41, 5.74) is 10.4. The number of unbranched alkanes of at least 4 members (excludes halogenated alkanes) is 1. The molecule has 0 spiro atoms. The lowest BCUT2D eigenvalue weighted by atomic mass is 10.0. The highest BCUT2D eigenvalue weighted by atomic mass is 16.5. The highest BCUT2D eigenvalue weighted by molar-refractivity contribution is 5.87. The number of amides is 2. The molecule has 37 heavy (non-hydrogen) atoms. The topological polar surface area (TPSA) is 137 Å². The molecule has 0 fully saturated rings. The Kier molecular flexibility index (Phi) is 11.4. The number of phenols is 1. The van der Waals surface area contributed by atoms with Crippen molar-refractivity contribution in [3.63, 3.8) is 0 Å². The number of ether oxygens (including phenoxy) is 1. The van der Waals surface area contributed by atoms with Crippen LogP contribution in [0.5, 0.6) is 5.75 Å². The molecule has 0 bridgehead atoms. The smallest absolute Gasteiger partial charge is 0.316 e. The van der Waals surface area contributed by atoms with Crippen LogP contribution in [0.25, 0.3) is 0 Å². The van der Waals surface area contributed by atoms with E-state index in [1.807, 2.05) is 30.3 Å². The van der Waals surface area contributed by atoms with E-state index < -0.39 is 12.1 Å². The van der Waals surface area contributed by atoms with Gasteiger partial charge in [0.25, 0.3) is 0 Å². The summed E-state index contributed by atoms with van der Waals surface area (Å²) in [6, 6.07) is 20.2.